The lowest BCUT2D eigenvalue weighted by Gasteiger charge is -2.17. The van der Waals surface area contributed by atoms with Gasteiger partial charge in [-0.25, -0.2) is 8.42 Å². The van der Waals surface area contributed by atoms with Crippen molar-refractivity contribution >= 4 is 43.1 Å². The minimum Gasteiger partial charge on any atom is -0.304 e. The molecule has 5 nitrogen and oxygen atoms in total. The average Bonchev–Trinajstić information content (AvgIpc) is 2.59. The van der Waals surface area contributed by atoms with Crippen molar-refractivity contribution in [1.82, 2.24) is 0 Å². The molecule has 0 saturated carbocycles. The number of benzene rings is 1. The molecular weight excluding hydrogens is 346 g/mol. The maximum Gasteiger partial charge on any atom is 0.299 e. The molecule has 0 bridgehead atoms. The van der Waals surface area contributed by atoms with Crippen LogP contribution >= 0.6 is 15.9 Å². The summed E-state index contributed by atoms with van der Waals surface area (Å²) < 4.78 is 24.4. The summed E-state index contributed by atoms with van der Waals surface area (Å²) in [6.45, 7) is 3.18. The number of carbonyl (C=O) groups excluding carboxylic acids is 2. The molecule has 0 aromatic heterocycles. The molecule has 0 unspecified atom stereocenters. The fourth-order valence-corrected chi connectivity index (χ4v) is 3.20. The van der Waals surface area contributed by atoms with Crippen molar-refractivity contribution in [2.45, 2.75) is 19.1 Å². The lowest BCUT2D eigenvalue weighted by molar-refractivity contribution is -0.114. The molecule has 0 aliphatic carbocycles. The maximum atomic E-state index is 11.9. The third-order valence-corrected chi connectivity index (χ3v) is 5.93. The van der Waals surface area contributed by atoms with Crippen molar-refractivity contribution in [3.63, 3.8) is 0 Å². The Morgan fingerprint density at radius 1 is 1.25 bits per heavy atom. The lowest BCUT2D eigenvalue weighted by Crippen LogP contribution is -2.35. The number of sulfone groups is 1. The van der Waals surface area contributed by atoms with E-state index in [4.69, 9.17) is 0 Å². The highest BCUT2D eigenvalue weighted by Crippen LogP contribution is 2.31. The number of fused-ring (bicyclic) bond motifs is 1. The second-order valence-corrected chi connectivity index (χ2v) is 8.46. The Morgan fingerprint density at radius 2 is 1.90 bits per heavy atom. The van der Waals surface area contributed by atoms with Crippen LogP contribution in [0.3, 0.4) is 0 Å². The van der Waals surface area contributed by atoms with E-state index in [1.807, 2.05) is 0 Å². The van der Waals surface area contributed by atoms with E-state index in [1.165, 1.54) is 4.90 Å². The van der Waals surface area contributed by atoms with Crippen LogP contribution in [0.5, 0.6) is 0 Å². The molecule has 0 saturated heterocycles. The predicted octanol–water partition coefficient (Wildman–Crippen LogP) is 1.80. The molecule has 1 aromatic rings. The van der Waals surface area contributed by atoms with Gasteiger partial charge in [0.25, 0.3) is 11.7 Å². The van der Waals surface area contributed by atoms with Crippen molar-refractivity contribution in [2.75, 3.05) is 17.2 Å². The third-order valence-electron chi connectivity index (χ3n) is 3.25. The molecule has 2 rings (SSSR count). The zero-order valence-corrected chi connectivity index (χ0v) is 13.5. The Morgan fingerprint density at radius 3 is 2.50 bits per heavy atom. The van der Waals surface area contributed by atoms with Gasteiger partial charge in [0.2, 0.25) is 0 Å². The highest BCUT2D eigenvalue weighted by atomic mass is 79.9. The number of hydrogen-bond donors (Lipinski definition) is 0. The van der Waals surface area contributed by atoms with E-state index in [0.29, 0.717) is 11.3 Å². The number of amides is 1. The number of rotatable bonds is 4. The van der Waals surface area contributed by atoms with E-state index < -0.39 is 26.8 Å². The topological polar surface area (TPSA) is 71.5 Å². The molecule has 1 aliphatic rings. The van der Waals surface area contributed by atoms with Crippen molar-refractivity contribution in [3.05, 3.63) is 28.2 Å². The van der Waals surface area contributed by atoms with Crippen molar-refractivity contribution < 1.29 is 18.0 Å². The highest BCUT2D eigenvalue weighted by Gasteiger charge is 2.36. The summed E-state index contributed by atoms with van der Waals surface area (Å²) in [5, 5.41) is -0.502. The summed E-state index contributed by atoms with van der Waals surface area (Å²) >= 11 is 3.28. The molecule has 20 heavy (non-hydrogen) atoms. The van der Waals surface area contributed by atoms with Gasteiger partial charge in [0.15, 0.2) is 9.84 Å². The summed E-state index contributed by atoms with van der Waals surface area (Å²) in [5.74, 6) is -1.41. The Hall–Kier alpha value is -1.21. The van der Waals surface area contributed by atoms with E-state index in [0.717, 1.165) is 4.47 Å². The Balaban J connectivity index is 2.29. The van der Waals surface area contributed by atoms with E-state index in [9.17, 15) is 18.0 Å². The first-order chi connectivity index (χ1) is 9.24. The van der Waals surface area contributed by atoms with E-state index >= 15 is 0 Å². The van der Waals surface area contributed by atoms with Gasteiger partial charge in [-0.1, -0.05) is 15.9 Å². The SMILES string of the molecule is CC(C)S(=O)(=O)CCN1C(=O)C(=O)c2ccc(Br)cc21. The van der Waals surface area contributed by atoms with Crippen LogP contribution in [0, 0.1) is 0 Å². The number of halogens is 1. The maximum absolute atomic E-state index is 11.9. The zero-order chi connectivity index (χ0) is 15.1. The van der Waals surface area contributed by atoms with Gasteiger partial charge in [-0.15, -0.1) is 0 Å². The molecule has 0 atom stereocenters. The molecular formula is C13H14BrNO4S. The quantitative estimate of drug-likeness (QED) is 0.768. The van der Waals surface area contributed by atoms with Crippen molar-refractivity contribution in [2.24, 2.45) is 0 Å². The Bertz CT molecular complexity index is 682. The van der Waals surface area contributed by atoms with Gasteiger partial charge in [-0.3, -0.25) is 9.59 Å². The van der Waals surface area contributed by atoms with Crippen molar-refractivity contribution in [1.29, 1.82) is 0 Å². The van der Waals surface area contributed by atoms with Gasteiger partial charge < -0.3 is 4.90 Å². The molecule has 1 aliphatic heterocycles. The van der Waals surface area contributed by atoms with Gasteiger partial charge >= 0.3 is 0 Å². The molecule has 1 heterocycles. The number of Topliss-reactive ketones (excluding diaryl/α,β-unsaturated/α-hetero) is 1. The number of nitrogens with zero attached hydrogens (tertiary/aromatic N) is 1. The number of ketones is 1. The first-order valence-electron chi connectivity index (χ1n) is 6.11. The van der Waals surface area contributed by atoms with Gasteiger partial charge in [0, 0.05) is 11.0 Å². The molecule has 0 spiro atoms. The third kappa shape index (κ3) is 2.64. The largest absolute Gasteiger partial charge is 0.304 e. The fourth-order valence-electron chi connectivity index (χ4n) is 1.94. The van der Waals surface area contributed by atoms with E-state index in [-0.39, 0.29) is 12.3 Å². The number of anilines is 1. The number of carbonyl (C=O) groups is 2. The second-order valence-electron chi connectivity index (χ2n) is 4.86. The Labute approximate surface area is 126 Å². The average molecular weight is 360 g/mol. The van der Waals surface area contributed by atoms with Crippen LogP contribution in [0.2, 0.25) is 0 Å². The van der Waals surface area contributed by atoms with Crippen LogP contribution in [0.1, 0.15) is 24.2 Å². The van der Waals surface area contributed by atoms with Crippen LogP contribution in [0.4, 0.5) is 5.69 Å². The van der Waals surface area contributed by atoms with Crippen LogP contribution in [0.25, 0.3) is 0 Å². The molecule has 7 heteroatoms. The summed E-state index contributed by atoms with van der Waals surface area (Å²) in [6, 6.07) is 4.90. The van der Waals surface area contributed by atoms with Gasteiger partial charge in [-0.05, 0) is 32.0 Å². The molecule has 1 aromatic carbocycles. The summed E-state index contributed by atoms with van der Waals surface area (Å²) in [7, 11) is -3.26. The number of hydrogen-bond acceptors (Lipinski definition) is 4. The van der Waals surface area contributed by atoms with Crippen molar-refractivity contribution in [3.8, 4) is 0 Å². The first-order valence-corrected chi connectivity index (χ1v) is 8.62. The minimum absolute atomic E-state index is 0.00542. The first kappa shape index (κ1) is 15.2. The molecule has 0 radical (unpaired) electrons. The summed E-state index contributed by atoms with van der Waals surface area (Å²) in [5.41, 5.74) is 0.786. The highest BCUT2D eigenvalue weighted by molar-refractivity contribution is 9.10. The molecule has 0 fully saturated rings. The minimum atomic E-state index is -3.26. The second kappa shape index (κ2) is 5.29. The molecule has 1 amide bonds. The van der Waals surface area contributed by atoms with Crippen LogP contribution < -0.4 is 4.90 Å². The van der Waals surface area contributed by atoms with Crippen LogP contribution in [-0.2, 0) is 14.6 Å². The summed E-state index contributed by atoms with van der Waals surface area (Å²) in [4.78, 5) is 25.0. The predicted molar refractivity (Wildman–Crippen MR) is 79.7 cm³/mol. The van der Waals surface area contributed by atoms with Crippen LogP contribution in [-0.4, -0.2) is 37.7 Å². The molecule has 108 valence electrons. The molecule has 0 N–H and O–H groups in total. The van der Waals surface area contributed by atoms with E-state index in [1.54, 1.807) is 32.0 Å². The summed E-state index contributed by atoms with van der Waals surface area (Å²) in [6.07, 6.45) is 0. The van der Waals surface area contributed by atoms with E-state index in [2.05, 4.69) is 15.9 Å². The lowest BCUT2D eigenvalue weighted by atomic mass is 10.1. The van der Waals surface area contributed by atoms with Gasteiger partial charge in [0.05, 0.1) is 22.3 Å². The standard InChI is InChI=1S/C13H14BrNO4S/c1-8(2)20(18,19)6-5-15-11-7-9(14)3-4-10(11)12(16)13(15)17/h3-4,7-8H,5-6H2,1-2H3. The normalized spacial score (nSPS) is 15.1. The van der Waals surface area contributed by atoms with Gasteiger partial charge in [-0.2, -0.15) is 0 Å². The zero-order valence-electron chi connectivity index (χ0n) is 11.1. The smallest absolute Gasteiger partial charge is 0.299 e. The van der Waals surface area contributed by atoms with Crippen LogP contribution in [0.15, 0.2) is 22.7 Å². The fraction of sp³-hybridized carbons (Fsp3) is 0.385. The van der Waals surface area contributed by atoms with Gasteiger partial charge in [0.1, 0.15) is 0 Å². The monoisotopic (exact) mass is 359 g/mol. The Kier molecular flexibility index (Phi) is 4.02.